The summed E-state index contributed by atoms with van der Waals surface area (Å²) >= 11 is 0. The van der Waals surface area contributed by atoms with Crippen LogP contribution in [-0.4, -0.2) is 83.7 Å². The smallest absolute Gasteiger partial charge is 0.224 e. The lowest BCUT2D eigenvalue weighted by Gasteiger charge is -2.33. The van der Waals surface area contributed by atoms with E-state index in [0.717, 1.165) is 38.5 Å². The Morgan fingerprint density at radius 3 is 1.80 bits per heavy atom. The Morgan fingerprint density at radius 2 is 1.26 bits per heavy atom. The molecule has 0 fully saturated rings. The van der Waals surface area contributed by atoms with E-state index in [1.165, 1.54) is 57.8 Å². The summed E-state index contributed by atoms with van der Waals surface area (Å²) in [6, 6.07) is -0.620. The first-order valence-electron chi connectivity index (χ1n) is 18.6. The predicted molar refractivity (Wildman–Crippen MR) is 190 cm³/mol. The molecule has 0 aromatic carbocycles. The summed E-state index contributed by atoms with van der Waals surface area (Å²) in [5.41, 5.74) is 0. The van der Waals surface area contributed by atoms with E-state index in [9.17, 15) is 20.1 Å². The van der Waals surface area contributed by atoms with Gasteiger partial charge in [0.25, 0.3) is 0 Å². The average Bonchev–Trinajstić information content (AvgIpc) is 3.01. The van der Waals surface area contributed by atoms with E-state index in [0.29, 0.717) is 6.42 Å². The zero-order valence-corrected chi connectivity index (χ0v) is 30.5. The van der Waals surface area contributed by atoms with Crippen molar-refractivity contribution in [3.63, 3.8) is 0 Å². The van der Waals surface area contributed by atoms with Crippen molar-refractivity contribution in [3.8, 4) is 0 Å². The molecule has 8 heteroatoms. The van der Waals surface area contributed by atoms with E-state index in [-0.39, 0.29) is 44.4 Å². The molecule has 5 atom stereocenters. The first-order chi connectivity index (χ1) is 22.2. The molecule has 0 aromatic rings. The predicted octanol–water partition coefficient (Wildman–Crippen LogP) is 7.57. The van der Waals surface area contributed by atoms with Gasteiger partial charge in [0.2, 0.25) is 5.91 Å². The number of hydrogen-bond acceptors (Lipinski definition) is 7. The highest BCUT2D eigenvalue weighted by Crippen LogP contribution is 2.18. The fraction of sp³-hybridized carbons (Fsp3) is 0.868. The maximum Gasteiger partial charge on any atom is 0.224 e. The van der Waals surface area contributed by atoms with E-state index < -0.39 is 30.5 Å². The van der Waals surface area contributed by atoms with Crippen LogP contribution < -0.4 is 5.32 Å². The van der Waals surface area contributed by atoms with Crippen molar-refractivity contribution in [2.45, 2.75) is 193 Å². The average molecular weight is 656 g/mol. The minimum Gasteiger partial charge on any atom is -0.394 e. The van der Waals surface area contributed by atoms with Gasteiger partial charge in [-0.1, -0.05) is 122 Å². The second kappa shape index (κ2) is 31.0. The largest absolute Gasteiger partial charge is 0.394 e. The van der Waals surface area contributed by atoms with E-state index in [2.05, 4.69) is 31.3 Å². The van der Waals surface area contributed by atoms with Crippen molar-refractivity contribution in [2.75, 3.05) is 19.8 Å². The summed E-state index contributed by atoms with van der Waals surface area (Å²) in [5.74, 6) is -0.186. The van der Waals surface area contributed by atoms with Gasteiger partial charge in [-0.05, 0) is 47.0 Å². The van der Waals surface area contributed by atoms with Gasteiger partial charge in [0, 0.05) is 6.42 Å². The number of nitrogens with one attached hydrogen (secondary N) is 1. The SMILES string of the molecule is CCC/C=C\C/C=C\CC(=O)N[C@@H](COC[C@H](O)[C@H](CO)OC(C)C)[C@H](OC(C)C)[C@H](O)CCCCCCCCCCCCCC. The molecular formula is C38H73NO7. The quantitative estimate of drug-likeness (QED) is 0.0436. The normalized spacial score (nSPS) is 15.6. The molecule has 0 aromatic heterocycles. The lowest BCUT2D eigenvalue weighted by atomic mass is 9.98. The third-order valence-electron chi connectivity index (χ3n) is 7.91. The van der Waals surface area contributed by atoms with Crippen molar-refractivity contribution < 1.29 is 34.3 Å². The van der Waals surface area contributed by atoms with Crippen LogP contribution in [0, 0.1) is 0 Å². The summed E-state index contributed by atoms with van der Waals surface area (Å²) in [7, 11) is 0. The molecule has 0 saturated carbocycles. The van der Waals surface area contributed by atoms with Gasteiger partial charge in [-0.15, -0.1) is 0 Å². The highest BCUT2D eigenvalue weighted by molar-refractivity contribution is 5.77. The van der Waals surface area contributed by atoms with Gasteiger partial charge in [0.15, 0.2) is 0 Å². The van der Waals surface area contributed by atoms with E-state index in [1.807, 2.05) is 39.8 Å². The molecule has 0 aliphatic rings. The molecule has 0 saturated heterocycles. The lowest BCUT2D eigenvalue weighted by molar-refractivity contribution is -0.133. The number of aliphatic hydroxyl groups is 3. The number of rotatable bonds is 32. The van der Waals surface area contributed by atoms with Gasteiger partial charge in [-0.2, -0.15) is 0 Å². The molecular weight excluding hydrogens is 582 g/mol. The van der Waals surface area contributed by atoms with Crippen LogP contribution in [0.1, 0.15) is 151 Å². The number of hydrogen-bond donors (Lipinski definition) is 4. The van der Waals surface area contributed by atoms with Crippen molar-refractivity contribution >= 4 is 5.91 Å². The Kier molecular flexibility index (Phi) is 30.1. The van der Waals surface area contributed by atoms with Gasteiger partial charge in [0.1, 0.15) is 18.3 Å². The maximum atomic E-state index is 13.0. The van der Waals surface area contributed by atoms with Crippen molar-refractivity contribution in [3.05, 3.63) is 24.3 Å². The van der Waals surface area contributed by atoms with Crippen LogP contribution in [0.3, 0.4) is 0 Å². The highest BCUT2D eigenvalue weighted by atomic mass is 16.5. The number of amides is 1. The Balaban J connectivity index is 5.11. The van der Waals surface area contributed by atoms with Crippen molar-refractivity contribution in [2.24, 2.45) is 0 Å². The molecule has 0 spiro atoms. The molecule has 4 N–H and O–H groups in total. The number of ether oxygens (including phenoxy) is 3. The first kappa shape index (κ1) is 44.7. The summed E-state index contributed by atoms with van der Waals surface area (Å²) < 4.78 is 17.6. The zero-order chi connectivity index (χ0) is 34.4. The molecule has 1 amide bonds. The number of unbranched alkanes of at least 4 members (excludes halogenated alkanes) is 12. The number of carbonyl (C=O) groups excluding carboxylic acids is 1. The van der Waals surface area contributed by atoms with Gasteiger partial charge in [-0.3, -0.25) is 4.79 Å². The van der Waals surface area contributed by atoms with Crippen LogP contribution in [0.15, 0.2) is 24.3 Å². The molecule has 0 aliphatic heterocycles. The molecule has 8 nitrogen and oxygen atoms in total. The number of allylic oxidation sites excluding steroid dienone is 3. The molecule has 272 valence electrons. The fourth-order valence-corrected chi connectivity index (χ4v) is 5.39. The van der Waals surface area contributed by atoms with Gasteiger partial charge in [-0.25, -0.2) is 0 Å². The Labute approximate surface area is 282 Å². The summed E-state index contributed by atoms with van der Waals surface area (Å²) in [6.45, 7) is 11.5. The number of carbonyl (C=O) groups is 1. The molecule has 0 radical (unpaired) electrons. The van der Waals surface area contributed by atoms with Crippen LogP contribution >= 0.6 is 0 Å². The van der Waals surface area contributed by atoms with Gasteiger partial charge in [0.05, 0.1) is 44.2 Å². The molecule has 0 unspecified atom stereocenters. The maximum absolute atomic E-state index is 13.0. The summed E-state index contributed by atoms with van der Waals surface area (Å²) in [6.07, 6.45) is 23.2. The van der Waals surface area contributed by atoms with Crippen molar-refractivity contribution in [1.82, 2.24) is 5.32 Å². The summed E-state index contributed by atoms with van der Waals surface area (Å²) in [5, 5.41) is 34.5. The fourth-order valence-electron chi connectivity index (χ4n) is 5.39. The minimum absolute atomic E-state index is 0.0407. The van der Waals surface area contributed by atoms with E-state index in [1.54, 1.807) is 0 Å². The topological polar surface area (TPSA) is 117 Å². The standard InChI is InChI=1S/C38H73NO7/c1-7-9-11-13-15-16-17-18-19-21-22-24-26-34(41)38(46-32(5)6)33(29-44-30-35(42)36(28-40)45-31(3)4)39-37(43)27-25-23-20-14-12-10-8-2/h12,14,23,25,31-36,38,40-42H,7-11,13,15-22,24,26-30H2,1-6H3,(H,39,43)/b14-12-,25-23-/t33-,34+,35-,36-,38-/m0/s1. The zero-order valence-electron chi connectivity index (χ0n) is 30.5. The second-order valence-corrected chi connectivity index (χ2v) is 13.3. The Morgan fingerprint density at radius 1 is 0.696 bits per heavy atom. The third kappa shape index (κ3) is 25.8. The summed E-state index contributed by atoms with van der Waals surface area (Å²) in [4.78, 5) is 13.0. The monoisotopic (exact) mass is 656 g/mol. The first-order valence-corrected chi connectivity index (χ1v) is 18.6. The van der Waals surface area contributed by atoms with E-state index in [4.69, 9.17) is 14.2 Å². The van der Waals surface area contributed by atoms with Gasteiger partial charge >= 0.3 is 0 Å². The number of aliphatic hydroxyl groups excluding tert-OH is 3. The third-order valence-corrected chi connectivity index (χ3v) is 7.91. The van der Waals surface area contributed by atoms with Crippen LogP contribution in [0.5, 0.6) is 0 Å². The molecule has 0 aliphatic carbocycles. The van der Waals surface area contributed by atoms with E-state index >= 15 is 0 Å². The molecule has 0 bridgehead atoms. The minimum atomic E-state index is -1.04. The van der Waals surface area contributed by atoms with Crippen LogP contribution in [-0.2, 0) is 19.0 Å². The van der Waals surface area contributed by atoms with Gasteiger partial charge < -0.3 is 34.8 Å². The molecule has 46 heavy (non-hydrogen) atoms. The van der Waals surface area contributed by atoms with Crippen LogP contribution in [0.25, 0.3) is 0 Å². The highest BCUT2D eigenvalue weighted by Gasteiger charge is 2.32. The molecule has 0 heterocycles. The Hall–Kier alpha value is -1.29. The van der Waals surface area contributed by atoms with Crippen LogP contribution in [0.4, 0.5) is 0 Å². The Bertz CT molecular complexity index is 743. The second-order valence-electron chi connectivity index (χ2n) is 13.3. The lowest BCUT2D eigenvalue weighted by Crippen LogP contribution is -2.53. The molecule has 0 rings (SSSR count). The van der Waals surface area contributed by atoms with Crippen molar-refractivity contribution in [1.29, 1.82) is 0 Å². The van der Waals surface area contributed by atoms with Crippen LogP contribution in [0.2, 0.25) is 0 Å².